The van der Waals surface area contributed by atoms with E-state index in [-0.39, 0.29) is 5.82 Å². The van der Waals surface area contributed by atoms with Gasteiger partial charge in [-0.25, -0.2) is 9.37 Å². The van der Waals surface area contributed by atoms with Crippen LogP contribution < -0.4 is 0 Å². The molecule has 0 saturated heterocycles. The van der Waals surface area contributed by atoms with Gasteiger partial charge in [0.05, 0.1) is 6.20 Å². The zero-order valence-corrected chi connectivity index (χ0v) is 7.71. The lowest BCUT2D eigenvalue weighted by molar-refractivity contribution is 0.623. The van der Waals surface area contributed by atoms with Crippen LogP contribution in [0.15, 0.2) is 18.5 Å². The van der Waals surface area contributed by atoms with E-state index in [1.54, 1.807) is 6.07 Å². The molecule has 2 heterocycles. The molecular formula is C10H11FN2. The highest BCUT2D eigenvalue weighted by Gasteiger charge is 2.06. The largest absolute Gasteiger partial charge is 0.335 e. The molecular weight excluding hydrogens is 167 g/mol. The Morgan fingerprint density at radius 2 is 2.31 bits per heavy atom. The number of halogens is 1. The molecule has 0 aromatic carbocycles. The lowest BCUT2D eigenvalue weighted by Gasteiger charge is -1.94. The predicted octanol–water partition coefficient (Wildman–Crippen LogP) is 2.27. The van der Waals surface area contributed by atoms with E-state index in [1.807, 2.05) is 17.8 Å². The predicted molar refractivity (Wildman–Crippen MR) is 50.1 cm³/mol. The maximum Gasteiger partial charge on any atom is 0.142 e. The van der Waals surface area contributed by atoms with Crippen LogP contribution >= 0.6 is 0 Å². The minimum atomic E-state index is -0.270. The van der Waals surface area contributed by atoms with Crippen LogP contribution in [0.2, 0.25) is 0 Å². The molecule has 0 unspecified atom stereocenters. The maximum absolute atomic E-state index is 12.9. The molecule has 3 heteroatoms. The average molecular weight is 178 g/mol. The number of aromatic nitrogens is 2. The molecule has 68 valence electrons. The van der Waals surface area contributed by atoms with Gasteiger partial charge in [-0.1, -0.05) is 6.92 Å². The van der Waals surface area contributed by atoms with E-state index in [9.17, 15) is 4.39 Å². The first-order chi connectivity index (χ1) is 6.22. The van der Waals surface area contributed by atoms with E-state index in [0.717, 1.165) is 23.0 Å². The summed E-state index contributed by atoms with van der Waals surface area (Å²) in [4.78, 5) is 4.04. The van der Waals surface area contributed by atoms with Crippen LogP contribution in [0.3, 0.4) is 0 Å². The Bertz CT molecular complexity index is 445. The molecule has 0 atom stereocenters. The van der Waals surface area contributed by atoms with Crippen molar-refractivity contribution < 1.29 is 4.39 Å². The summed E-state index contributed by atoms with van der Waals surface area (Å²) in [5.74, 6) is -0.270. The van der Waals surface area contributed by atoms with Crippen LogP contribution in [0.5, 0.6) is 0 Å². The lowest BCUT2D eigenvalue weighted by Crippen LogP contribution is -1.87. The Morgan fingerprint density at radius 1 is 1.54 bits per heavy atom. The monoisotopic (exact) mass is 178 g/mol. The molecule has 0 fully saturated rings. The standard InChI is InChI=1S/C10H11FN2/c1-3-7-6-13(2)10-9(7)4-8(11)5-12-10/h4-6H,3H2,1-2H3. The Labute approximate surface area is 76.0 Å². The third-order valence-electron chi connectivity index (χ3n) is 2.24. The van der Waals surface area contributed by atoms with E-state index >= 15 is 0 Å². The molecule has 0 aliphatic rings. The summed E-state index contributed by atoms with van der Waals surface area (Å²) in [5.41, 5.74) is 1.99. The topological polar surface area (TPSA) is 17.8 Å². The quantitative estimate of drug-likeness (QED) is 0.655. The summed E-state index contributed by atoms with van der Waals surface area (Å²) in [6, 6.07) is 1.54. The summed E-state index contributed by atoms with van der Waals surface area (Å²) in [6.45, 7) is 2.06. The number of hydrogen-bond acceptors (Lipinski definition) is 1. The number of pyridine rings is 1. The molecule has 0 aliphatic carbocycles. The molecule has 0 N–H and O–H groups in total. The molecule has 0 saturated carbocycles. The average Bonchev–Trinajstić information content (AvgIpc) is 2.42. The zero-order valence-electron chi connectivity index (χ0n) is 7.71. The highest BCUT2D eigenvalue weighted by Crippen LogP contribution is 2.19. The van der Waals surface area contributed by atoms with Crippen molar-refractivity contribution in [2.75, 3.05) is 0 Å². The van der Waals surface area contributed by atoms with E-state index in [1.165, 1.54) is 6.20 Å². The van der Waals surface area contributed by atoms with Gasteiger partial charge in [0.15, 0.2) is 0 Å². The first-order valence-corrected chi connectivity index (χ1v) is 4.32. The normalized spacial score (nSPS) is 11.0. The van der Waals surface area contributed by atoms with E-state index < -0.39 is 0 Å². The van der Waals surface area contributed by atoms with Crippen molar-refractivity contribution in [2.24, 2.45) is 7.05 Å². The number of rotatable bonds is 1. The number of hydrogen-bond donors (Lipinski definition) is 0. The second-order valence-electron chi connectivity index (χ2n) is 3.14. The molecule has 0 radical (unpaired) electrons. The van der Waals surface area contributed by atoms with Gasteiger partial charge in [0.25, 0.3) is 0 Å². The van der Waals surface area contributed by atoms with Crippen LogP contribution in [0.25, 0.3) is 11.0 Å². The summed E-state index contributed by atoms with van der Waals surface area (Å²) in [6.07, 6.45) is 4.15. The fraction of sp³-hybridized carbons (Fsp3) is 0.300. The van der Waals surface area contributed by atoms with Gasteiger partial charge in [0.1, 0.15) is 11.5 Å². The van der Waals surface area contributed by atoms with Gasteiger partial charge in [-0.2, -0.15) is 0 Å². The molecule has 2 nitrogen and oxygen atoms in total. The first kappa shape index (κ1) is 8.23. The van der Waals surface area contributed by atoms with Gasteiger partial charge >= 0.3 is 0 Å². The summed E-state index contributed by atoms with van der Waals surface area (Å²) in [5, 5.41) is 0.921. The molecule has 2 aromatic heterocycles. The van der Waals surface area contributed by atoms with Gasteiger partial charge in [-0.15, -0.1) is 0 Å². The third kappa shape index (κ3) is 1.20. The van der Waals surface area contributed by atoms with Gasteiger partial charge < -0.3 is 4.57 Å². The summed E-state index contributed by atoms with van der Waals surface area (Å²) in [7, 11) is 1.92. The zero-order chi connectivity index (χ0) is 9.42. The van der Waals surface area contributed by atoms with Crippen LogP contribution in [0.1, 0.15) is 12.5 Å². The molecule has 2 aromatic rings. The Hall–Kier alpha value is -1.38. The molecule has 0 bridgehead atoms. The van der Waals surface area contributed by atoms with Crippen molar-refractivity contribution in [1.29, 1.82) is 0 Å². The van der Waals surface area contributed by atoms with Crippen LogP contribution in [-0.4, -0.2) is 9.55 Å². The summed E-state index contributed by atoms with van der Waals surface area (Å²) < 4.78 is 14.8. The Kier molecular flexibility index (Phi) is 1.79. The molecule has 13 heavy (non-hydrogen) atoms. The van der Waals surface area contributed by atoms with Crippen molar-refractivity contribution >= 4 is 11.0 Å². The Morgan fingerprint density at radius 3 is 3.00 bits per heavy atom. The maximum atomic E-state index is 12.9. The molecule has 0 amide bonds. The number of aryl methyl sites for hydroxylation is 2. The minimum Gasteiger partial charge on any atom is -0.335 e. The highest BCUT2D eigenvalue weighted by molar-refractivity contribution is 5.80. The smallest absolute Gasteiger partial charge is 0.142 e. The van der Waals surface area contributed by atoms with E-state index in [4.69, 9.17) is 0 Å². The Balaban J connectivity index is 2.81. The fourth-order valence-electron chi connectivity index (χ4n) is 1.60. The van der Waals surface area contributed by atoms with Crippen molar-refractivity contribution in [2.45, 2.75) is 13.3 Å². The highest BCUT2D eigenvalue weighted by atomic mass is 19.1. The van der Waals surface area contributed by atoms with Crippen molar-refractivity contribution in [3.63, 3.8) is 0 Å². The van der Waals surface area contributed by atoms with Gasteiger partial charge in [0.2, 0.25) is 0 Å². The van der Waals surface area contributed by atoms with Gasteiger partial charge in [0, 0.05) is 18.6 Å². The van der Waals surface area contributed by atoms with Crippen LogP contribution in [-0.2, 0) is 13.5 Å². The van der Waals surface area contributed by atoms with Gasteiger partial charge in [-0.3, -0.25) is 0 Å². The van der Waals surface area contributed by atoms with Crippen LogP contribution in [0.4, 0.5) is 4.39 Å². The van der Waals surface area contributed by atoms with E-state index in [0.29, 0.717) is 0 Å². The molecule has 2 rings (SSSR count). The summed E-state index contributed by atoms with van der Waals surface area (Å²) >= 11 is 0. The van der Waals surface area contributed by atoms with Gasteiger partial charge in [-0.05, 0) is 18.1 Å². The second kappa shape index (κ2) is 2.83. The van der Waals surface area contributed by atoms with Crippen LogP contribution in [0, 0.1) is 5.82 Å². The second-order valence-corrected chi connectivity index (χ2v) is 3.14. The molecule has 0 spiro atoms. The number of nitrogens with zero attached hydrogens (tertiary/aromatic N) is 2. The first-order valence-electron chi connectivity index (χ1n) is 4.32. The molecule has 0 aliphatic heterocycles. The van der Waals surface area contributed by atoms with Crippen molar-refractivity contribution in [3.8, 4) is 0 Å². The number of fused-ring (bicyclic) bond motifs is 1. The SMILES string of the molecule is CCc1cn(C)c2ncc(F)cc12. The fourth-order valence-corrected chi connectivity index (χ4v) is 1.60. The van der Waals surface area contributed by atoms with Crippen molar-refractivity contribution in [3.05, 3.63) is 29.8 Å². The van der Waals surface area contributed by atoms with E-state index in [2.05, 4.69) is 11.9 Å². The lowest BCUT2D eigenvalue weighted by atomic mass is 10.2. The minimum absolute atomic E-state index is 0.270. The van der Waals surface area contributed by atoms with Crippen molar-refractivity contribution in [1.82, 2.24) is 9.55 Å². The third-order valence-corrected chi connectivity index (χ3v) is 2.24.